The van der Waals surface area contributed by atoms with Crippen molar-refractivity contribution in [2.75, 3.05) is 13.2 Å². The molecule has 3 aromatic rings. The number of amides is 1. The van der Waals surface area contributed by atoms with Gasteiger partial charge in [-0.25, -0.2) is 4.39 Å². The summed E-state index contributed by atoms with van der Waals surface area (Å²) in [5.74, 6) is -0.429. The predicted octanol–water partition coefficient (Wildman–Crippen LogP) is 3.73. The number of nitrogens with one attached hydrogen (secondary N) is 1. The van der Waals surface area contributed by atoms with Gasteiger partial charge in [-0.2, -0.15) is 0 Å². The topological polar surface area (TPSA) is 74.5 Å². The minimum atomic E-state index is -0.375. The van der Waals surface area contributed by atoms with Crippen LogP contribution in [-0.2, 0) is 18.2 Å². The number of benzene rings is 1. The van der Waals surface area contributed by atoms with Crippen LogP contribution in [0.25, 0.3) is 16.6 Å². The van der Waals surface area contributed by atoms with Gasteiger partial charge in [-0.1, -0.05) is 6.92 Å². The number of aryl methyl sites for hydroxylation is 2. The van der Waals surface area contributed by atoms with Gasteiger partial charge in [-0.3, -0.25) is 14.2 Å². The van der Waals surface area contributed by atoms with Crippen LogP contribution in [0.3, 0.4) is 0 Å². The number of pyridine rings is 1. The largest absolute Gasteiger partial charge is 0.488 e. The molecule has 1 atom stereocenters. The zero-order valence-electron chi connectivity index (χ0n) is 19.5. The Morgan fingerprint density at radius 3 is 2.64 bits per heavy atom. The predicted molar refractivity (Wildman–Crippen MR) is 125 cm³/mol. The molecule has 0 aliphatic carbocycles. The molecule has 1 aliphatic heterocycles. The summed E-state index contributed by atoms with van der Waals surface area (Å²) < 4.78 is 28.4. The van der Waals surface area contributed by atoms with E-state index >= 15 is 0 Å². The summed E-state index contributed by atoms with van der Waals surface area (Å²) in [5.41, 5.74) is 1.92. The lowest BCUT2D eigenvalue weighted by Crippen LogP contribution is -2.33. The van der Waals surface area contributed by atoms with Crippen molar-refractivity contribution < 1.29 is 18.7 Å². The first-order chi connectivity index (χ1) is 15.8. The van der Waals surface area contributed by atoms with Crippen LogP contribution in [0.15, 0.2) is 35.1 Å². The summed E-state index contributed by atoms with van der Waals surface area (Å²) in [6.07, 6.45) is 2.23. The van der Waals surface area contributed by atoms with Crippen LogP contribution in [0.1, 0.15) is 49.8 Å². The van der Waals surface area contributed by atoms with E-state index in [-0.39, 0.29) is 35.2 Å². The molecule has 33 heavy (non-hydrogen) atoms. The van der Waals surface area contributed by atoms with E-state index in [1.807, 2.05) is 26.8 Å². The van der Waals surface area contributed by atoms with E-state index in [1.54, 1.807) is 28.3 Å². The molecule has 8 heteroatoms. The molecule has 1 amide bonds. The average molecular weight is 456 g/mol. The van der Waals surface area contributed by atoms with E-state index in [4.69, 9.17) is 9.47 Å². The van der Waals surface area contributed by atoms with Crippen molar-refractivity contribution in [3.05, 3.63) is 57.9 Å². The summed E-state index contributed by atoms with van der Waals surface area (Å²) in [4.78, 5) is 27.0. The highest BCUT2D eigenvalue weighted by Gasteiger charge is 2.28. The molecule has 0 radical (unpaired) electrons. The lowest BCUT2D eigenvalue weighted by Gasteiger charge is -2.15. The molecular weight excluding hydrogens is 425 g/mol. The molecule has 176 valence electrons. The second-order valence-electron chi connectivity index (χ2n) is 8.61. The molecule has 7 nitrogen and oxygen atoms in total. The fourth-order valence-corrected chi connectivity index (χ4v) is 4.35. The monoisotopic (exact) mass is 455 g/mol. The zero-order chi connectivity index (χ0) is 23.7. The minimum Gasteiger partial charge on any atom is -0.488 e. The molecule has 1 fully saturated rings. The summed E-state index contributed by atoms with van der Waals surface area (Å²) in [6, 6.07) is 7.69. The zero-order valence-corrected chi connectivity index (χ0v) is 19.5. The maximum Gasteiger partial charge on any atom is 0.271 e. The molecule has 0 bridgehead atoms. The van der Waals surface area contributed by atoms with Crippen LogP contribution >= 0.6 is 0 Å². The van der Waals surface area contributed by atoms with Gasteiger partial charge in [0.25, 0.3) is 11.5 Å². The number of fused-ring (bicyclic) bond motifs is 1. The van der Waals surface area contributed by atoms with E-state index in [0.717, 1.165) is 18.5 Å². The smallest absolute Gasteiger partial charge is 0.271 e. The maximum absolute atomic E-state index is 13.8. The van der Waals surface area contributed by atoms with Crippen molar-refractivity contribution in [1.82, 2.24) is 14.5 Å². The van der Waals surface area contributed by atoms with E-state index < -0.39 is 0 Å². The molecule has 4 rings (SSSR count). The fraction of sp³-hybridized carbons (Fsp3) is 0.440. The van der Waals surface area contributed by atoms with Crippen LogP contribution in [0, 0.1) is 5.82 Å². The first-order valence-electron chi connectivity index (χ1n) is 11.4. The van der Waals surface area contributed by atoms with Crippen molar-refractivity contribution >= 4 is 16.8 Å². The van der Waals surface area contributed by atoms with Crippen LogP contribution in [0.5, 0.6) is 5.75 Å². The fourth-order valence-electron chi connectivity index (χ4n) is 4.35. The molecule has 1 aliphatic rings. The molecule has 1 aromatic carbocycles. The third-order valence-electron chi connectivity index (χ3n) is 5.93. The van der Waals surface area contributed by atoms with Crippen molar-refractivity contribution in [2.24, 2.45) is 7.05 Å². The summed E-state index contributed by atoms with van der Waals surface area (Å²) in [7, 11) is 1.76. The lowest BCUT2D eigenvalue weighted by atomic mass is 10.2. The molecule has 0 saturated carbocycles. The molecule has 3 heterocycles. The quantitative estimate of drug-likeness (QED) is 0.589. The number of nitrogens with zero attached hydrogens (tertiary/aromatic N) is 2. The van der Waals surface area contributed by atoms with Gasteiger partial charge < -0.3 is 19.4 Å². The third kappa shape index (κ3) is 4.39. The van der Waals surface area contributed by atoms with Crippen LogP contribution in [-0.4, -0.2) is 40.4 Å². The van der Waals surface area contributed by atoms with E-state index in [1.165, 1.54) is 12.1 Å². The van der Waals surface area contributed by atoms with E-state index in [2.05, 4.69) is 5.32 Å². The van der Waals surface area contributed by atoms with Gasteiger partial charge in [0.2, 0.25) is 0 Å². The molecular formula is C25H30FN3O4. The minimum absolute atomic E-state index is 0.000462. The van der Waals surface area contributed by atoms with Crippen LogP contribution < -0.4 is 15.6 Å². The number of ether oxygens (including phenoxy) is 2. The molecule has 2 aromatic heterocycles. The van der Waals surface area contributed by atoms with Gasteiger partial charge in [0.1, 0.15) is 11.2 Å². The summed E-state index contributed by atoms with van der Waals surface area (Å²) in [5, 5.41) is 3.27. The third-order valence-corrected chi connectivity index (χ3v) is 5.93. The Balaban J connectivity index is 1.89. The Bertz CT molecular complexity index is 1220. The number of carbonyl (C=O) groups is 1. The Morgan fingerprint density at radius 1 is 1.30 bits per heavy atom. The van der Waals surface area contributed by atoms with Gasteiger partial charge in [-0.05, 0) is 63.4 Å². The summed E-state index contributed by atoms with van der Waals surface area (Å²) in [6.45, 7) is 6.77. The highest BCUT2D eigenvalue weighted by Crippen LogP contribution is 2.32. The number of carbonyl (C=O) groups excluding carboxylic acids is 1. The van der Waals surface area contributed by atoms with Gasteiger partial charge in [-0.15, -0.1) is 0 Å². The Labute approximate surface area is 192 Å². The Kier molecular flexibility index (Phi) is 6.56. The summed E-state index contributed by atoms with van der Waals surface area (Å²) >= 11 is 0. The lowest BCUT2D eigenvalue weighted by molar-refractivity contribution is 0.0846. The van der Waals surface area contributed by atoms with E-state index in [0.29, 0.717) is 41.9 Å². The molecule has 1 N–H and O–H groups in total. The number of hydrogen-bond donors (Lipinski definition) is 1. The number of hydrogen-bond acceptors (Lipinski definition) is 4. The Hall–Kier alpha value is -3.13. The van der Waals surface area contributed by atoms with Crippen LogP contribution in [0.4, 0.5) is 4.39 Å². The first kappa shape index (κ1) is 23.0. The van der Waals surface area contributed by atoms with Crippen molar-refractivity contribution in [2.45, 2.75) is 52.2 Å². The number of rotatable bonds is 7. The molecule has 1 saturated heterocycles. The second-order valence-corrected chi connectivity index (χ2v) is 8.61. The van der Waals surface area contributed by atoms with Crippen molar-refractivity contribution in [3.8, 4) is 11.4 Å². The van der Waals surface area contributed by atoms with Gasteiger partial charge in [0.15, 0.2) is 11.4 Å². The normalized spacial score (nSPS) is 16.0. The standard InChI is InChI=1S/C25H30FN3O4/c1-5-17-13-20-21(25(31)29(17)18-10-8-16(26)9-11-18)23(33-15(2)3)22(28(20)4)24(30)27-14-19-7-6-12-32-19/h8-11,13,15,19H,5-7,12,14H2,1-4H3,(H,27,30). The number of halogens is 1. The highest BCUT2D eigenvalue weighted by molar-refractivity contribution is 6.04. The maximum atomic E-state index is 13.8. The van der Waals surface area contributed by atoms with Gasteiger partial charge >= 0.3 is 0 Å². The highest BCUT2D eigenvalue weighted by atomic mass is 19.1. The number of aromatic nitrogens is 2. The van der Waals surface area contributed by atoms with Crippen molar-refractivity contribution in [3.63, 3.8) is 0 Å². The van der Waals surface area contributed by atoms with Gasteiger partial charge in [0, 0.05) is 31.6 Å². The van der Waals surface area contributed by atoms with E-state index in [9.17, 15) is 14.0 Å². The van der Waals surface area contributed by atoms with Crippen LogP contribution in [0.2, 0.25) is 0 Å². The SMILES string of the molecule is CCc1cc2c(c(OC(C)C)c(C(=O)NCC3CCCO3)n2C)c(=O)n1-c1ccc(F)cc1. The molecule has 0 spiro atoms. The van der Waals surface area contributed by atoms with Gasteiger partial charge in [0.05, 0.1) is 17.7 Å². The van der Waals surface area contributed by atoms with Crippen molar-refractivity contribution in [1.29, 1.82) is 0 Å². The molecule has 1 unspecified atom stereocenters. The first-order valence-corrected chi connectivity index (χ1v) is 11.4. The average Bonchev–Trinajstić information content (AvgIpc) is 3.39. The second kappa shape index (κ2) is 9.39. The Morgan fingerprint density at radius 2 is 2.03 bits per heavy atom.